The van der Waals surface area contributed by atoms with Gasteiger partial charge in [-0.25, -0.2) is 0 Å². The molecule has 6 heteroatoms. The van der Waals surface area contributed by atoms with Gasteiger partial charge in [-0.05, 0) is 49.6 Å². The summed E-state index contributed by atoms with van der Waals surface area (Å²) in [6.45, 7) is 1.39. The zero-order valence-corrected chi connectivity index (χ0v) is 12.9. The molecule has 4 nitrogen and oxygen atoms in total. The lowest BCUT2D eigenvalue weighted by Gasteiger charge is -2.09. The van der Waals surface area contributed by atoms with Crippen LogP contribution in [-0.2, 0) is 13.1 Å². The Morgan fingerprint density at radius 2 is 2.00 bits per heavy atom. The van der Waals surface area contributed by atoms with Crippen molar-refractivity contribution in [1.29, 1.82) is 0 Å². The van der Waals surface area contributed by atoms with E-state index in [1.807, 2.05) is 18.2 Å². The second-order valence-electron chi connectivity index (χ2n) is 3.68. The van der Waals surface area contributed by atoms with Gasteiger partial charge in [-0.2, -0.15) is 0 Å². The number of hydrogen-bond acceptors (Lipinski definition) is 4. The number of rotatable bonds is 5. The molecule has 96 valence electrons. The minimum absolute atomic E-state index is 0.654. The third kappa shape index (κ3) is 3.34. The maximum atomic E-state index is 5.26. The van der Waals surface area contributed by atoms with Crippen molar-refractivity contribution in [2.75, 3.05) is 7.11 Å². The number of benzene rings is 1. The molecule has 0 bridgehead atoms. The van der Waals surface area contributed by atoms with Crippen LogP contribution in [0.5, 0.6) is 5.75 Å². The maximum absolute atomic E-state index is 5.26. The van der Waals surface area contributed by atoms with Gasteiger partial charge in [0, 0.05) is 12.6 Å². The average molecular weight is 376 g/mol. The summed E-state index contributed by atoms with van der Waals surface area (Å²) in [5.41, 5.74) is 1.15. The zero-order valence-electron chi connectivity index (χ0n) is 9.74. The molecular formula is C12H12Br2N2O2. The zero-order chi connectivity index (χ0) is 13.0. The molecule has 1 N–H and O–H groups in total. The lowest BCUT2D eigenvalue weighted by atomic mass is 10.2. The Bertz CT molecular complexity index is 492. The van der Waals surface area contributed by atoms with Gasteiger partial charge in [0.05, 0.1) is 28.8 Å². The van der Waals surface area contributed by atoms with Crippen molar-refractivity contribution in [3.05, 3.63) is 44.7 Å². The summed E-state index contributed by atoms with van der Waals surface area (Å²) in [4.78, 5) is 0. The number of methoxy groups -OCH3 is 1. The first kappa shape index (κ1) is 13.6. The van der Waals surface area contributed by atoms with Crippen LogP contribution >= 0.6 is 31.9 Å². The van der Waals surface area contributed by atoms with E-state index in [1.54, 1.807) is 13.3 Å². The van der Waals surface area contributed by atoms with Crippen molar-refractivity contribution in [3.63, 3.8) is 0 Å². The first-order valence-corrected chi connectivity index (χ1v) is 6.91. The molecule has 0 aliphatic rings. The monoisotopic (exact) mass is 374 g/mol. The van der Waals surface area contributed by atoms with E-state index in [4.69, 9.17) is 9.26 Å². The summed E-state index contributed by atoms with van der Waals surface area (Å²) in [5.74, 6) is 1.62. The minimum atomic E-state index is 0.654. The number of nitrogens with zero attached hydrogens (tertiary/aromatic N) is 1. The Morgan fingerprint density at radius 1 is 1.28 bits per heavy atom. The van der Waals surface area contributed by atoms with Crippen LogP contribution in [0, 0.1) is 0 Å². The highest BCUT2D eigenvalue weighted by Crippen LogP contribution is 2.34. The van der Waals surface area contributed by atoms with Crippen LogP contribution in [0.15, 0.2) is 37.9 Å². The van der Waals surface area contributed by atoms with Crippen LogP contribution in [0.3, 0.4) is 0 Å². The lowest BCUT2D eigenvalue weighted by molar-refractivity contribution is 0.372. The summed E-state index contributed by atoms with van der Waals surface area (Å²) < 4.78 is 12.1. The fourth-order valence-corrected chi connectivity index (χ4v) is 3.18. The smallest absolute Gasteiger partial charge is 0.150 e. The van der Waals surface area contributed by atoms with Crippen molar-refractivity contribution in [1.82, 2.24) is 10.5 Å². The third-order valence-corrected chi connectivity index (χ3v) is 3.56. The van der Waals surface area contributed by atoms with Gasteiger partial charge >= 0.3 is 0 Å². The minimum Gasteiger partial charge on any atom is -0.494 e. The van der Waals surface area contributed by atoms with Gasteiger partial charge in [-0.15, -0.1) is 0 Å². The van der Waals surface area contributed by atoms with Crippen molar-refractivity contribution in [2.24, 2.45) is 0 Å². The van der Waals surface area contributed by atoms with E-state index in [9.17, 15) is 0 Å². The van der Waals surface area contributed by atoms with Gasteiger partial charge in [0.25, 0.3) is 0 Å². The highest BCUT2D eigenvalue weighted by atomic mass is 79.9. The van der Waals surface area contributed by atoms with E-state index >= 15 is 0 Å². The van der Waals surface area contributed by atoms with Crippen LogP contribution in [0.2, 0.25) is 0 Å². The van der Waals surface area contributed by atoms with Gasteiger partial charge in [0.2, 0.25) is 0 Å². The van der Waals surface area contributed by atoms with Crippen molar-refractivity contribution >= 4 is 31.9 Å². The fourth-order valence-electron chi connectivity index (χ4n) is 1.57. The van der Waals surface area contributed by atoms with E-state index in [2.05, 4.69) is 42.3 Å². The molecule has 0 fully saturated rings. The molecule has 18 heavy (non-hydrogen) atoms. The predicted molar refractivity (Wildman–Crippen MR) is 75.4 cm³/mol. The maximum Gasteiger partial charge on any atom is 0.150 e. The Morgan fingerprint density at radius 3 is 2.56 bits per heavy atom. The van der Waals surface area contributed by atoms with Crippen LogP contribution < -0.4 is 10.1 Å². The lowest BCUT2D eigenvalue weighted by Crippen LogP contribution is -2.12. The van der Waals surface area contributed by atoms with E-state index in [1.165, 1.54) is 0 Å². The van der Waals surface area contributed by atoms with Crippen molar-refractivity contribution < 1.29 is 9.26 Å². The summed E-state index contributed by atoms with van der Waals surface area (Å²) in [7, 11) is 1.65. The predicted octanol–water partition coefficient (Wildman–Crippen LogP) is 3.50. The number of ether oxygens (including phenoxy) is 1. The number of halogens is 2. The quantitative estimate of drug-likeness (QED) is 0.868. The van der Waals surface area contributed by atoms with Gasteiger partial charge in [0.15, 0.2) is 0 Å². The Labute approximate surface area is 122 Å². The average Bonchev–Trinajstić information content (AvgIpc) is 2.82. The summed E-state index contributed by atoms with van der Waals surface area (Å²) >= 11 is 6.95. The first-order valence-electron chi connectivity index (χ1n) is 5.33. The molecule has 0 radical (unpaired) electrons. The molecule has 0 saturated carbocycles. The van der Waals surface area contributed by atoms with Crippen molar-refractivity contribution in [3.8, 4) is 5.75 Å². The summed E-state index contributed by atoms with van der Waals surface area (Å²) in [6, 6.07) is 5.89. The highest BCUT2D eigenvalue weighted by molar-refractivity contribution is 9.11. The molecule has 0 amide bonds. The van der Waals surface area contributed by atoms with E-state index in [-0.39, 0.29) is 0 Å². The second kappa shape index (κ2) is 6.36. The molecule has 1 aromatic heterocycles. The van der Waals surface area contributed by atoms with E-state index < -0.39 is 0 Å². The molecule has 0 spiro atoms. The Kier molecular flexibility index (Phi) is 4.79. The van der Waals surface area contributed by atoms with Gasteiger partial charge < -0.3 is 14.6 Å². The molecule has 0 saturated heterocycles. The molecule has 1 aromatic carbocycles. The molecule has 0 unspecified atom stereocenters. The number of hydrogen-bond donors (Lipinski definition) is 1. The number of aromatic nitrogens is 1. The van der Waals surface area contributed by atoms with Crippen LogP contribution in [0.25, 0.3) is 0 Å². The number of nitrogens with one attached hydrogen (secondary N) is 1. The van der Waals surface area contributed by atoms with Crippen LogP contribution in [-0.4, -0.2) is 12.3 Å². The Balaban J connectivity index is 1.97. The molecule has 2 rings (SSSR count). The molecule has 0 aliphatic heterocycles. The van der Waals surface area contributed by atoms with E-state index in [0.717, 1.165) is 32.6 Å². The topological polar surface area (TPSA) is 47.3 Å². The molecule has 0 atom stereocenters. The van der Waals surface area contributed by atoms with Gasteiger partial charge in [0.1, 0.15) is 11.5 Å². The SMILES string of the molecule is COc1c(Br)cc(CNCc2ccno2)cc1Br. The largest absolute Gasteiger partial charge is 0.494 e. The normalized spacial score (nSPS) is 10.6. The third-order valence-electron chi connectivity index (χ3n) is 2.38. The van der Waals surface area contributed by atoms with E-state index in [0.29, 0.717) is 6.54 Å². The fraction of sp³-hybridized carbons (Fsp3) is 0.250. The van der Waals surface area contributed by atoms with Gasteiger partial charge in [-0.3, -0.25) is 0 Å². The second-order valence-corrected chi connectivity index (χ2v) is 5.38. The van der Waals surface area contributed by atoms with Crippen molar-refractivity contribution in [2.45, 2.75) is 13.1 Å². The molecule has 2 aromatic rings. The highest BCUT2D eigenvalue weighted by Gasteiger charge is 2.07. The Hall–Kier alpha value is -0.850. The first-order chi connectivity index (χ1) is 8.70. The van der Waals surface area contributed by atoms with Crippen LogP contribution in [0.1, 0.15) is 11.3 Å². The molecular weight excluding hydrogens is 364 g/mol. The van der Waals surface area contributed by atoms with Crippen LogP contribution in [0.4, 0.5) is 0 Å². The molecule has 1 heterocycles. The standard InChI is InChI=1S/C12H12Br2N2O2/c1-17-12-10(13)4-8(5-11(12)14)6-15-7-9-2-3-16-18-9/h2-5,15H,6-7H2,1H3. The summed E-state index contributed by atoms with van der Waals surface area (Å²) in [6.07, 6.45) is 1.64. The summed E-state index contributed by atoms with van der Waals surface area (Å²) in [5, 5.41) is 6.93. The van der Waals surface area contributed by atoms with Gasteiger partial charge in [-0.1, -0.05) is 5.16 Å². The molecule has 0 aliphatic carbocycles.